The first-order valence-electron chi connectivity index (χ1n) is 6.11. The minimum absolute atomic E-state index is 0.524. The summed E-state index contributed by atoms with van der Waals surface area (Å²) in [5, 5.41) is 3.34. The topological polar surface area (TPSA) is 32.3 Å². The average molecular weight is 232 g/mol. The number of hydrogen-bond acceptors (Lipinski definition) is 3. The van der Waals surface area contributed by atoms with E-state index < -0.39 is 10.8 Å². The van der Waals surface area contributed by atoms with Crippen LogP contribution in [0.4, 0.5) is 0 Å². The van der Waals surface area contributed by atoms with E-state index in [1.165, 1.54) is 25.8 Å². The SMILES string of the molecule is CCNCCCCCN1CCS(=O)CC1. The Bertz CT molecular complexity index is 177. The summed E-state index contributed by atoms with van der Waals surface area (Å²) in [6.45, 7) is 7.66. The van der Waals surface area contributed by atoms with Crippen molar-refractivity contribution in [2.75, 3.05) is 44.2 Å². The number of hydrogen-bond donors (Lipinski definition) is 1. The second-order valence-electron chi connectivity index (χ2n) is 4.10. The third-order valence-corrected chi connectivity index (χ3v) is 4.12. The molecule has 0 aliphatic carbocycles. The predicted molar refractivity (Wildman–Crippen MR) is 66.7 cm³/mol. The fraction of sp³-hybridized carbons (Fsp3) is 1.00. The van der Waals surface area contributed by atoms with Gasteiger partial charge in [0.15, 0.2) is 0 Å². The highest BCUT2D eigenvalue weighted by Gasteiger charge is 2.13. The van der Waals surface area contributed by atoms with Crippen LogP contribution in [-0.2, 0) is 10.8 Å². The van der Waals surface area contributed by atoms with Crippen molar-refractivity contribution < 1.29 is 4.21 Å². The van der Waals surface area contributed by atoms with Gasteiger partial charge in [0.25, 0.3) is 0 Å². The normalized spacial score (nSPS) is 19.5. The molecule has 0 aromatic carbocycles. The second-order valence-corrected chi connectivity index (χ2v) is 5.80. The highest BCUT2D eigenvalue weighted by Crippen LogP contribution is 2.03. The predicted octanol–water partition coefficient (Wildman–Crippen LogP) is 0.831. The minimum atomic E-state index is -0.524. The van der Waals surface area contributed by atoms with Crippen LogP contribution in [0.25, 0.3) is 0 Å². The zero-order chi connectivity index (χ0) is 10.9. The Labute approximate surface area is 96.1 Å². The Kier molecular flexibility index (Phi) is 7.22. The molecule has 1 N–H and O–H groups in total. The van der Waals surface area contributed by atoms with E-state index in [1.54, 1.807) is 0 Å². The van der Waals surface area contributed by atoms with Crippen LogP contribution in [0.2, 0.25) is 0 Å². The van der Waals surface area contributed by atoms with Gasteiger partial charge in [-0.25, -0.2) is 0 Å². The van der Waals surface area contributed by atoms with Crippen LogP contribution in [0.15, 0.2) is 0 Å². The fourth-order valence-electron chi connectivity index (χ4n) is 1.84. The van der Waals surface area contributed by atoms with Crippen molar-refractivity contribution in [2.24, 2.45) is 0 Å². The van der Waals surface area contributed by atoms with Crippen molar-refractivity contribution in [2.45, 2.75) is 26.2 Å². The third kappa shape index (κ3) is 6.28. The molecule has 4 heteroatoms. The van der Waals surface area contributed by atoms with E-state index in [9.17, 15) is 4.21 Å². The van der Waals surface area contributed by atoms with Crippen molar-refractivity contribution in [3.8, 4) is 0 Å². The molecule has 1 saturated heterocycles. The van der Waals surface area contributed by atoms with Gasteiger partial charge >= 0.3 is 0 Å². The van der Waals surface area contributed by atoms with Crippen molar-refractivity contribution >= 4 is 10.8 Å². The summed E-state index contributed by atoms with van der Waals surface area (Å²) >= 11 is 0. The van der Waals surface area contributed by atoms with Gasteiger partial charge in [0, 0.05) is 35.4 Å². The van der Waals surface area contributed by atoms with Gasteiger partial charge in [-0.2, -0.15) is 0 Å². The van der Waals surface area contributed by atoms with Crippen molar-refractivity contribution in [3.63, 3.8) is 0 Å². The van der Waals surface area contributed by atoms with Crippen LogP contribution in [-0.4, -0.2) is 53.3 Å². The molecule has 15 heavy (non-hydrogen) atoms. The fourth-order valence-corrected chi connectivity index (χ4v) is 2.97. The lowest BCUT2D eigenvalue weighted by atomic mass is 10.2. The molecule has 0 amide bonds. The molecule has 0 radical (unpaired) electrons. The molecule has 1 fully saturated rings. The maximum Gasteiger partial charge on any atom is 0.0363 e. The van der Waals surface area contributed by atoms with E-state index in [2.05, 4.69) is 17.1 Å². The molecule has 0 spiro atoms. The summed E-state index contributed by atoms with van der Waals surface area (Å²) < 4.78 is 11.1. The van der Waals surface area contributed by atoms with Gasteiger partial charge in [0.05, 0.1) is 0 Å². The van der Waals surface area contributed by atoms with Gasteiger partial charge in [-0.05, 0) is 32.5 Å². The van der Waals surface area contributed by atoms with Gasteiger partial charge in [-0.15, -0.1) is 0 Å². The molecule has 0 aromatic heterocycles. The Morgan fingerprint density at radius 3 is 2.60 bits per heavy atom. The highest BCUT2D eigenvalue weighted by atomic mass is 32.2. The van der Waals surface area contributed by atoms with E-state index >= 15 is 0 Å². The molecule has 0 unspecified atom stereocenters. The zero-order valence-electron chi connectivity index (χ0n) is 9.83. The average Bonchev–Trinajstić information content (AvgIpc) is 2.26. The first-order chi connectivity index (χ1) is 7.33. The van der Waals surface area contributed by atoms with Gasteiger partial charge in [-0.1, -0.05) is 13.3 Å². The molecule has 0 bridgehead atoms. The molecule has 0 saturated carbocycles. The maximum atomic E-state index is 11.1. The second kappa shape index (κ2) is 8.25. The van der Waals surface area contributed by atoms with Crippen molar-refractivity contribution in [1.82, 2.24) is 10.2 Å². The third-order valence-electron chi connectivity index (χ3n) is 2.85. The van der Waals surface area contributed by atoms with Gasteiger partial charge in [-0.3, -0.25) is 4.21 Å². The molecule has 1 rings (SSSR count). The molecule has 1 aliphatic rings. The number of nitrogens with one attached hydrogen (secondary N) is 1. The molecule has 0 atom stereocenters. The molecule has 1 heterocycles. The summed E-state index contributed by atoms with van der Waals surface area (Å²) in [7, 11) is -0.524. The Balaban J connectivity index is 1.89. The van der Waals surface area contributed by atoms with Crippen molar-refractivity contribution in [3.05, 3.63) is 0 Å². The molecule has 90 valence electrons. The number of rotatable bonds is 7. The van der Waals surface area contributed by atoms with Crippen LogP contribution in [0.3, 0.4) is 0 Å². The summed E-state index contributed by atoms with van der Waals surface area (Å²) in [5.74, 6) is 1.77. The van der Waals surface area contributed by atoms with E-state index in [0.717, 1.165) is 37.7 Å². The monoisotopic (exact) mass is 232 g/mol. The van der Waals surface area contributed by atoms with Crippen LogP contribution in [0.5, 0.6) is 0 Å². The standard InChI is InChI=1S/C11H24N2OS/c1-2-12-6-4-3-5-7-13-8-10-15(14)11-9-13/h12H,2-11H2,1H3. The van der Waals surface area contributed by atoms with Gasteiger partial charge in [0.1, 0.15) is 0 Å². The van der Waals surface area contributed by atoms with Crippen molar-refractivity contribution in [1.29, 1.82) is 0 Å². The van der Waals surface area contributed by atoms with E-state index in [0.29, 0.717) is 0 Å². The summed E-state index contributed by atoms with van der Waals surface area (Å²) in [5.41, 5.74) is 0. The largest absolute Gasteiger partial charge is 0.317 e. The molecule has 0 aromatic rings. The highest BCUT2D eigenvalue weighted by molar-refractivity contribution is 7.85. The summed E-state index contributed by atoms with van der Waals surface area (Å²) in [6.07, 6.45) is 3.89. The number of nitrogens with zero attached hydrogens (tertiary/aromatic N) is 1. The Morgan fingerprint density at radius 2 is 1.93 bits per heavy atom. The maximum absolute atomic E-state index is 11.1. The van der Waals surface area contributed by atoms with E-state index in [1.807, 2.05) is 0 Å². The van der Waals surface area contributed by atoms with Crippen LogP contribution in [0.1, 0.15) is 26.2 Å². The zero-order valence-corrected chi connectivity index (χ0v) is 10.7. The lowest BCUT2D eigenvalue weighted by molar-refractivity contribution is 0.291. The smallest absolute Gasteiger partial charge is 0.0363 e. The van der Waals surface area contributed by atoms with Crippen LogP contribution < -0.4 is 5.32 Å². The first-order valence-corrected chi connectivity index (χ1v) is 7.59. The lowest BCUT2D eigenvalue weighted by Crippen LogP contribution is -2.38. The molecule has 1 aliphatic heterocycles. The summed E-state index contributed by atoms with van der Waals surface area (Å²) in [6, 6.07) is 0. The lowest BCUT2D eigenvalue weighted by Gasteiger charge is -2.25. The van der Waals surface area contributed by atoms with E-state index in [4.69, 9.17) is 0 Å². The first kappa shape index (κ1) is 13.1. The Morgan fingerprint density at radius 1 is 1.20 bits per heavy atom. The molecular weight excluding hydrogens is 208 g/mol. The molecule has 3 nitrogen and oxygen atoms in total. The van der Waals surface area contributed by atoms with E-state index in [-0.39, 0.29) is 0 Å². The van der Waals surface area contributed by atoms with Crippen LogP contribution >= 0.6 is 0 Å². The molecular formula is C11H24N2OS. The minimum Gasteiger partial charge on any atom is -0.317 e. The quantitative estimate of drug-likeness (QED) is 0.660. The van der Waals surface area contributed by atoms with Gasteiger partial charge in [0.2, 0.25) is 0 Å². The Hall–Kier alpha value is 0.0700. The van der Waals surface area contributed by atoms with Gasteiger partial charge < -0.3 is 10.2 Å². The number of unbranched alkanes of at least 4 members (excludes halogenated alkanes) is 2. The van der Waals surface area contributed by atoms with Crippen LogP contribution in [0, 0.1) is 0 Å². The summed E-state index contributed by atoms with van der Waals surface area (Å²) in [4.78, 5) is 2.45.